The van der Waals surface area contributed by atoms with E-state index < -0.39 is 16.0 Å². The Bertz CT molecular complexity index is 1330. The van der Waals surface area contributed by atoms with Crippen LogP contribution in [0.25, 0.3) is 0 Å². The van der Waals surface area contributed by atoms with E-state index in [9.17, 15) is 14.1 Å². The fraction of sp³-hybridized carbons (Fsp3) is 0.269. The Balaban J connectivity index is 1.76. The average Bonchev–Trinajstić information content (AvgIpc) is 3.31. The number of hydrogen-bond acceptors (Lipinski definition) is 6. The highest BCUT2D eigenvalue weighted by Gasteiger charge is 2.15. The highest BCUT2D eigenvalue weighted by atomic mass is 32.3. The SMILES string of the molecule is Cc1ccoc1C(=O)Nc1cccc(C#Cc2cncc(C(=O)N=[SH](O)(CCCO)CCCO)c2)c1. The summed E-state index contributed by atoms with van der Waals surface area (Å²) in [6, 6.07) is 10.2. The molecule has 9 nitrogen and oxygen atoms in total. The number of benzene rings is 1. The third kappa shape index (κ3) is 7.69. The van der Waals surface area contributed by atoms with Gasteiger partial charge in [-0.2, -0.15) is 4.36 Å². The Morgan fingerprint density at radius 2 is 1.78 bits per heavy atom. The van der Waals surface area contributed by atoms with E-state index in [1.165, 1.54) is 18.7 Å². The number of carbonyl (C=O) groups excluding carboxylic acids is 2. The topological polar surface area (TPSA) is 145 Å². The minimum atomic E-state index is -2.99. The number of amides is 2. The minimum absolute atomic E-state index is 0.120. The molecule has 0 aliphatic heterocycles. The number of thiol groups is 1. The lowest BCUT2D eigenvalue weighted by molar-refractivity contribution is 0.0991. The van der Waals surface area contributed by atoms with E-state index in [4.69, 9.17) is 14.6 Å². The molecule has 0 radical (unpaired) electrons. The Morgan fingerprint density at radius 1 is 1.06 bits per heavy atom. The Hall–Kier alpha value is -3.62. The van der Waals surface area contributed by atoms with Crippen LogP contribution in [0.1, 0.15) is 50.4 Å². The molecule has 0 aliphatic rings. The number of anilines is 1. The molecular formula is C26H29N3O6S. The molecule has 10 heteroatoms. The molecule has 0 bridgehead atoms. The van der Waals surface area contributed by atoms with Crippen LogP contribution in [0.15, 0.2) is 63.8 Å². The fourth-order valence-corrected chi connectivity index (χ4v) is 5.50. The second kappa shape index (κ2) is 12.9. The van der Waals surface area contributed by atoms with Gasteiger partial charge in [0.15, 0.2) is 5.76 Å². The van der Waals surface area contributed by atoms with Gasteiger partial charge >= 0.3 is 0 Å². The van der Waals surface area contributed by atoms with E-state index in [1.54, 1.807) is 43.3 Å². The molecule has 2 heterocycles. The molecule has 0 atom stereocenters. The maximum atomic E-state index is 12.7. The molecule has 2 amide bonds. The molecule has 0 aliphatic carbocycles. The van der Waals surface area contributed by atoms with Gasteiger partial charge in [-0.3, -0.25) is 14.6 Å². The lowest BCUT2D eigenvalue weighted by atomic mass is 10.1. The molecule has 3 aromatic rings. The van der Waals surface area contributed by atoms with E-state index in [1.807, 2.05) is 0 Å². The van der Waals surface area contributed by atoms with Gasteiger partial charge in [-0.1, -0.05) is 17.9 Å². The third-order valence-corrected chi connectivity index (χ3v) is 7.77. The van der Waals surface area contributed by atoms with Crippen LogP contribution in [0.3, 0.4) is 0 Å². The summed E-state index contributed by atoms with van der Waals surface area (Å²) in [5, 5.41) is 21.0. The lowest BCUT2D eigenvalue weighted by Gasteiger charge is -2.22. The van der Waals surface area contributed by atoms with Crippen molar-refractivity contribution in [1.29, 1.82) is 0 Å². The van der Waals surface area contributed by atoms with E-state index in [2.05, 4.69) is 26.5 Å². The van der Waals surface area contributed by atoms with Crippen LogP contribution in [0.2, 0.25) is 0 Å². The normalized spacial score (nSPS) is 11.3. The minimum Gasteiger partial charge on any atom is -0.459 e. The first-order chi connectivity index (χ1) is 17.3. The van der Waals surface area contributed by atoms with Gasteiger partial charge in [-0.05, 0) is 50.1 Å². The van der Waals surface area contributed by atoms with Gasteiger partial charge in [-0.25, -0.2) is 0 Å². The van der Waals surface area contributed by atoms with Gasteiger partial charge in [0.25, 0.3) is 11.8 Å². The highest BCUT2D eigenvalue weighted by Crippen LogP contribution is 2.16. The third-order valence-electron chi connectivity index (χ3n) is 5.15. The summed E-state index contributed by atoms with van der Waals surface area (Å²) in [4.78, 5) is 29.2. The molecule has 36 heavy (non-hydrogen) atoms. The van der Waals surface area contributed by atoms with Gasteiger partial charge in [0.05, 0.1) is 11.8 Å². The van der Waals surface area contributed by atoms with Crippen molar-refractivity contribution in [1.82, 2.24) is 4.98 Å². The van der Waals surface area contributed by atoms with Crippen molar-refractivity contribution in [2.24, 2.45) is 4.36 Å². The molecule has 190 valence electrons. The van der Waals surface area contributed by atoms with Crippen molar-refractivity contribution in [3.8, 4) is 11.8 Å². The molecule has 0 saturated heterocycles. The summed E-state index contributed by atoms with van der Waals surface area (Å²) in [7, 11) is -2.99. The van der Waals surface area contributed by atoms with Crippen LogP contribution in [0, 0.1) is 18.8 Å². The van der Waals surface area contributed by atoms with E-state index in [-0.39, 0.29) is 42.0 Å². The molecule has 4 N–H and O–H groups in total. The zero-order chi connectivity index (χ0) is 26.0. The molecule has 2 aromatic heterocycles. The van der Waals surface area contributed by atoms with E-state index in [0.717, 1.165) is 5.56 Å². The number of rotatable bonds is 9. The number of aromatic nitrogens is 1. The van der Waals surface area contributed by atoms with Crippen LogP contribution in [0.4, 0.5) is 5.69 Å². The van der Waals surface area contributed by atoms with Crippen LogP contribution in [-0.2, 0) is 10.1 Å². The second-order valence-electron chi connectivity index (χ2n) is 8.07. The van der Waals surface area contributed by atoms with Gasteiger partial charge in [-0.15, -0.1) is 10.1 Å². The average molecular weight is 512 g/mol. The quantitative estimate of drug-likeness (QED) is 0.219. The predicted molar refractivity (Wildman–Crippen MR) is 139 cm³/mol. The fourth-order valence-electron chi connectivity index (χ4n) is 3.32. The molecule has 0 fully saturated rings. The zero-order valence-electron chi connectivity index (χ0n) is 19.8. The maximum Gasteiger partial charge on any atom is 0.291 e. The van der Waals surface area contributed by atoms with Crippen LogP contribution >= 0.6 is 0 Å². The number of nitrogens with zero attached hydrogens (tertiary/aromatic N) is 2. The molecule has 0 spiro atoms. The summed E-state index contributed by atoms with van der Waals surface area (Å²) in [6.07, 6.45) is 4.95. The first kappa shape index (κ1) is 27.0. The molecule has 0 unspecified atom stereocenters. The van der Waals surface area contributed by atoms with E-state index in [0.29, 0.717) is 29.7 Å². The largest absolute Gasteiger partial charge is 0.459 e. The Morgan fingerprint density at radius 3 is 2.44 bits per heavy atom. The number of furan rings is 1. The van der Waals surface area contributed by atoms with Gasteiger partial charge in [0.2, 0.25) is 0 Å². The van der Waals surface area contributed by atoms with Crippen molar-refractivity contribution in [2.75, 3.05) is 30.0 Å². The summed E-state index contributed by atoms with van der Waals surface area (Å²) in [6.45, 7) is 1.54. The number of hydrogen-bond donors (Lipinski definition) is 5. The van der Waals surface area contributed by atoms with Gasteiger partial charge in [0.1, 0.15) is 0 Å². The second-order valence-corrected chi connectivity index (χ2v) is 10.9. The number of aliphatic hydroxyl groups excluding tert-OH is 2. The maximum absolute atomic E-state index is 12.7. The van der Waals surface area contributed by atoms with Crippen LogP contribution in [-0.4, -0.2) is 56.3 Å². The number of aliphatic hydroxyl groups is 2. The highest BCUT2D eigenvalue weighted by molar-refractivity contribution is 8.00. The van der Waals surface area contributed by atoms with Crippen molar-refractivity contribution >= 4 is 27.6 Å². The molecule has 1 aromatic carbocycles. The summed E-state index contributed by atoms with van der Waals surface area (Å²) >= 11 is 0. The number of pyridine rings is 1. The first-order valence-electron chi connectivity index (χ1n) is 11.4. The summed E-state index contributed by atoms with van der Waals surface area (Å²) in [5.41, 5.74) is 2.59. The first-order valence-corrected chi connectivity index (χ1v) is 13.4. The number of nitrogens with one attached hydrogen (secondary N) is 1. The van der Waals surface area contributed by atoms with Gasteiger partial charge in [0, 0.05) is 59.5 Å². The summed E-state index contributed by atoms with van der Waals surface area (Å²) < 4.78 is 20.1. The monoisotopic (exact) mass is 511 g/mol. The molecule has 3 rings (SSSR count). The van der Waals surface area contributed by atoms with Gasteiger partial charge < -0.3 is 24.5 Å². The zero-order valence-corrected chi connectivity index (χ0v) is 20.7. The lowest BCUT2D eigenvalue weighted by Crippen LogP contribution is -2.23. The standard InChI is InChI=1S/C26H29N3O6S/c1-19-9-12-35-24(19)26(33)28-23-6-2-5-20(16-23)7-8-21-15-22(18-27-17-21)25(32)29-36(34,13-3-10-30)14-4-11-31/h2,5-6,9,12,15-18,30-31,36H,3-4,10-11,13-14H2,1H3,(H,28,33)(H,29,32,34). The molecular weight excluding hydrogens is 482 g/mol. The van der Waals surface area contributed by atoms with Crippen molar-refractivity contribution in [3.05, 3.63) is 83.1 Å². The number of carbonyl (C=O) groups is 2. The Kier molecular flexibility index (Phi) is 9.67. The van der Waals surface area contributed by atoms with Crippen molar-refractivity contribution in [2.45, 2.75) is 19.8 Å². The van der Waals surface area contributed by atoms with Crippen LogP contribution in [0.5, 0.6) is 0 Å². The van der Waals surface area contributed by atoms with Crippen molar-refractivity contribution in [3.63, 3.8) is 0 Å². The predicted octanol–water partition coefficient (Wildman–Crippen LogP) is 3.08. The van der Waals surface area contributed by atoms with Crippen molar-refractivity contribution < 1.29 is 28.8 Å². The molecule has 0 saturated carbocycles. The van der Waals surface area contributed by atoms with E-state index >= 15 is 0 Å². The number of aryl methyl sites for hydroxylation is 1. The summed E-state index contributed by atoms with van der Waals surface area (Å²) in [5.74, 6) is 5.61. The smallest absolute Gasteiger partial charge is 0.291 e. The van der Waals surface area contributed by atoms with Crippen LogP contribution < -0.4 is 5.32 Å². The Labute approximate surface area is 210 Å².